The van der Waals surface area contributed by atoms with Crippen molar-refractivity contribution in [1.29, 1.82) is 0 Å². The molecule has 5 nitrogen and oxygen atoms in total. The number of benzene rings is 1. The number of carbonyl (C=O) groups excluding carboxylic acids is 1. The largest absolute Gasteiger partial charge is 0.507 e. The van der Waals surface area contributed by atoms with E-state index in [2.05, 4.69) is 6.92 Å². The number of unbranched alkanes of at least 4 members (excludes halogenated alkanes) is 10. The molecule has 0 saturated carbocycles. The van der Waals surface area contributed by atoms with Gasteiger partial charge in [-0.15, -0.1) is 0 Å². The van der Waals surface area contributed by atoms with Crippen LogP contribution in [0.5, 0.6) is 23.0 Å². The van der Waals surface area contributed by atoms with E-state index in [0.717, 1.165) is 19.3 Å². The first-order chi connectivity index (χ1) is 13.1. The summed E-state index contributed by atoms with van der Waals surface area (Å²) in [6.45, 7) is 2.23. The standard InChI is InChI=1S/C22H36O5/c1-4-5-6-7-8-9-10-11-12-13-14-15-17(23)20-18(24)16-19(26-2)22(27-3)21(20)25/h16,24-25H,4-15H2,1-3H3. The molecule has 0 aliphatic heterocycles. The van der Waals surface area contributed by atoms with Crippen molar-refractivity contribution in [3.8, 4) is 23.0 Å². The van der Waals surface area contributed by atoms with Crippen LogP contribution in [0.4, 0.5) is 0 Å². The van der Waals surface area contributed by atoms with Gasteiger partial charge in [0.15, 0.2) is 17.3 Å². The van der Waals surface area contributed by atoms with Crippen LogP contribution in [0.2, 0.25) is 0 Å². The predicted octanol–water partition coefficient (Wildman–Crippen LogP) is 6.00. The summed E-state index contributed by atoms with van der Waals surface area (Å²) in [6, 6.07) is 1.30. The molecule has 1 aromatic rings. The highest BCUT2D eigenvalue weighted by atomic mass is 16.5. The van der Waals surface area contributed by atoms with Crippen LogP contribution in [0.15, 0.2) is 6.07 Å². The molecule has 0 unspecified atom stereocenters. The van der Waals surface area contributed by atoms with Gasteiger partial charge < -0.3 is 19.7 Å². The fourth-order valence-electron chi connectivity index (χ4n) is 3.31. The number of phenols is 2. The lowest BCUT2D eigenvalue weighted by Gasteiger charge is -2.14. The lowest BCUT2D eigenvalue weighted by atomic mass is 10.0. The van der Waals surface area contributed by atoms with Gasteiger partial charge in [-0.25, -0.2) is 0 Å². The topological polar surface area (TPSA) is 76.0 Å². The summed E-state index contributed by atoms with van der Waals surface area (Å²) in [6.07, 6.45) is 13.6. The molecule has 0 spiro atoms. The van der Waals surface area contributed by atoms with Gasteiger partial charge in [0, 0.05) is 12.5 Å². The third kappa shape index (κ3) is 7.69. The van der Waals surface area contributed by atoms with Gasteiger partial charge in [-0.05, 0) is 6.42 Å². The molecule has 0 atom stereocenters. The smallest absolute Gasteiger partial charge is 0.204 e. The molecule has 0 aromatic heterocycles. The molecule has 0 saturated heterocycles. The Morgan fingerprint density at radius 3 is 1.85 bits per heavy atom. The molecule has 5 heteroatoms. The lowest BCUT2D eigenvalue weighted by Crippen LogP contribution is -2.03. The van der Waals surface area contributed by atoms with E-state index in [4.69, 9.17) is 9.47 Å². The third-order valence-electron chi connectivity index (χ3n) is 4.91. The first-order valence-corrected chi connectivity index (χ1v) is 10.3. The molecule has 1 rings (SSSR count). The highest BCUT2D eigenvalue weighted by Gasteiger charge is 2.23. The van der Waals surface area contributed by atoms with E-state index in [0.29, 0.717) is 6.42 Å². The molecular formula is C22H36O5. The van der Waals surface area contributed by atoms with E-state index < -0.39 is 0 Å². The second-order valence-electron chi connectivity index (χ2n) is 7.06. The predicted molar refractivity (Wildman–Crippen MR) is 108 cm³/mol. The fraction of sp³-hybridized carbons (Fsp3) is 0.682. The molecule has 0 aliphatic carbocycles. The van der Waals surface area contributed by atoms with Crippen molar-refractivity contribution in [3.63, 3.8) is 0 Å². The third-order valence-corrected chi connectivity index (χ3v) is 4.91. The van der Waals surface area contributed by atoms with Gasteiger partial charge in [0.2, 0.25) is 5.75 Å². The maximum Gasteiger partial charge on any atom is 0.204 e. The Labute approximate surface area is 163 Å². The molecule has 2 N–H and O–H groups in total. The number of carbonyl (C=O) groups is 1. The Morgan fingerprint density at radius 1 is 0.852 bits per heavy atom. The van der Waals surface area contributed by atoms with Crippen LogP contribution in [0.3, 0.4) is 0 Å². The van der Waals surface area contributed by atoms with E-state index in [1.165, 1.54) is 71.7 Å². The van der Waals surface area contributed by atoms with Crippen LogP contribution in [-0.2, 0) is 0 Å². The molecule has 0 heterocycles. The zero-order valence-electron chi connectivity index (χ0n) is 17.2. The quantitative estimate of drug-likeness (QED) is 0.288. The summed E-state index contributed by atoms with van der Waals surface area (Å²) < 4.78 is 10.1. The number of hydrogen-bond acceptors (Lipinski definition) is 5. The van der Waals surface area contributed by atoms with Crippen molar-refractivity contribution in [2.24, 2.45) is 0 Å². The molecule has 0 bridgehead atoms. The monoisotopic (exact) mass is 380 g/mol. The minimum absolute atomic E-state index is 0.0672. The Hall–Kier alpha value is -1.91. The van der Waals surface area contributed by atoms with Gasteiger partial charge in [-0.1, -0.05) is 71.1 Å². The number of aromatic hydroxyl groups is 2. The summed E-state index contributed by atoms with van der Waals surface area (Å²) in [4.78, 5) is 12.4. The zero-order valence-corrected chi connectivity index (χ0v) is 17.2. The van der Waals surface area contributed by atoms with Crippen molar-refractivity contribution < 1.29 is 24.5 Å². The maximum absolute atomic E-state index is 12.4. The normalized spacial score (nSPS) is 10.8. The van der Waals surface area contributed by atoms with Crippen LogP contribution >= 0.6 is 0 Å². The zero-order chi connectivity index (χ0) is 20.1. The number of methoxy groups -OCH3 is 2. The molecule has 0 aliphatic rings. The van der Waals surface area contributed by atoms with Crippen LogP contribution in [0.1, 0.15) is 94.3 Å². The van der Waals surface area contributed by atoms with Gasteiger partial charge in [0.25, 0.3) is 0 Å². The Kier molecular flexibility index (Phi) is 11.4. The fourth-order valence-corrected chi connectivity index (χ4v) is 3.31. The van der Waals surface area contributed by atoms with Gasteiger partial charge in [0.05, 0.1) is 14.2 Å². The number of rotatable bonds is 15. The van der Waals surface area contributed by atoms with Crippen molar-refractivity contribution in [2.75, 3.05) is 14.2 Å². The number of ketones is 1. The number of Topliss-reactive ketones (excluding diaryl/α,β-unsaturated/α-hetero) is 1. The van der Waals surface area contributed by atoms with Crippen LogP contribution < -0.4 is 9.47 Å². The summed E-state index contributed by atoms with van der Waals surface area (Å²) in [5.74, 6) is -0.654. The second-order valence-corrected chi connectivity index (χ2v) is 7.06. The second kappa shape index (κ2) is 13.3. The molecule has 154 valence electrons. The number of hydrogen-bond donors (Lipinski definition) is 2. The lowest BCUT2D eigenvalue weighted by molar-refractivity contribution is 0.0973. The Bertz CT molecular complexity index is 568. The highest BCUT2D eigenvalue weighted by Crippen LogP contribution is 2.44. The summed E-state index contributed by atoms with van der Waals surface area (Å²) in [5.41, 5.74) is -0.0836. The number of phenolic OH excluding ortho intramolecular Hbond substituents is 2. The van der Waals surface area contributed by atoms with Crippen LogP contribution in [0, 0.1) is 0 Å². The molecule has 0 fully saturated rings. The van der Waals surface area contributed by atoms with Gasteiger partial charge >= 0.3 is 0 Å². The summed E-state index contributed by atoms with van der Waals surface area (Å²) in [5, 5.41) is 20.3. The summed E-state index contributed by atoms with van der Waals surface area (Å²) in [7, 11) is 2.79. The summed E-state index contributed by atoms with van der Waals surface area (Å²) >= 11 is 0. The van der Waals surface area contributed by atoms with E-state index in [1.54, 1.807) is 0 Å². The van der Waals surface area contributed by atoms with Crippen LogP contribution in [-0.4, -0.2) is 30.2 Å². The van der Waals surface area contributed by atoms with E-state index in [1.807, 2.05) is 0 Å². The average Bonchev–Trinajstić information content (AvgIpc) is 2.65. The molecule has 27 heavy (non-hydrogen) atoms. The molecular weight excluding hydrogens is 344 g/mol. The van der Waals surface area contributed by atoms with Crippen molar-refractivity contribution in [2.45, 2.75) is 84.0 Å². The van der Waals surface area contributed by atoms with Crippen molar-refractivity contribution in [1.82, 2.24) is 0 Å². The first-order valence-electron chi connectivity index (χ1n) is 10.3. The average molecular weight is 381 g/mol. The van der Waals surface area contributed by atoms with E-state index in [9.17, 15) is 15.0 Å². The van der Waals surface area contributed by atoms with Gasteiger partial charge in [0.1, 0.15) is 11.3 Å². The minimum atomic E-state index is -0.359. The molecule has 0 amide bonds. The first kappa shape index (κ1) is 23.1. The number of ether oxygens (including phenoxy) is 2. The van der Waals surface area contributed by atoms with E-state index >= 15 is 0 Å². The van der Waals surface area contributed by atoms with Crippen molar-refractivity contribution >= 4 is 5.78 Å². The highest BCUT2D eigenvalue weighted by molar-refractivity contribution is 6.02. The molecule has 1 aromatic carbocycles. The molecule has 0 radical (unpaired) electrons. The maximum atomic E-state index is 12.4. The van der Waals surface area contributed by atoms with E-state index in [-0.39, 0.29) is 34.3 Å². The van der Waals surface area contributed by atoms with Crippen molar-refractivity contribution in [3.05, 3.63) is 11.6 Å². The Morgan fingerprint density at radius 2 is 1.37 bits per heavy atom. The minimum Gasteiger partial charge on any atom is -0.507 e. The van der Waals surface area contributed by atoms with Gasteiger partial charge in [-0.3, -0.25) is 4.79 Å². The Balaban J connectivity index is 2.31. The van der Waals surface area contributed by atoms with Gasteiger partial charge in [-0.2, -0.15) is 0 Å². The van der Waals surface area contributed by atoms with Crippen LogP contribution in [0.25, 0.3) is 0 Å². The SMILES string of the molecule is CCCCCCCCCCCCCC(=O)c1c(O)cc(OC)c(OC)c1O.